The molecule has 116 valence electrons. The third-order valence-electron chi connectivity index (χ3n) is 2.75. The Labute approximate surface area is 147 Å². The summed E-state index contributed by atoms with van der Waals surface area (Å²) in [5.74, 6) is -2.86. The Hall–Kier alpha value is -0.590. The van der Waals surface area contributed by atoms with Crippen molar-refractivity contribution in [1.29, 1.82) is 0 Å². The maximum Gasteiger partial charge on any atom is 1.00 e. The summed E-state index contributed by atoms with van der Waals surface area (Å²) in [6.45, 7) is 4.63. The van der Waals surface area contributed by atoms with Crippen molar-refractivity contribution in [3.05, 3.63) is 0 Å². The first-order chi connectivity index (χ1) is 9.38. The van der Waals surface area contributed by atoms with Crippen LogP contribution in [0.25, 0.3) is 0 Å². The summed E-state index contributed by atoms with van der Waals surface area (Å²) < 4.78 is 9.43. The van der Waals surface area contributed by atoms with Crippen LogP contribution in [0.15, 0.2) is 0 Å². The third-order valence-corrected chi connectivity index (χ3v) is 2.75. The Bertz CT molecular complexity index is 331. The third kappa shape index (κ3) is 11.7. The first-order valence-corrected chi connectivity index (χ1v) is 6.99. The number of ether oxygens (including phenoxy) is 2. The van der Waals surface area contributed by atoms with Crippen LogP contribution in [0, 0.1) is 0 Å². The molecule has 0 aromatic heterocycles. The molecule has 0 aromatic rings. The first kappa shape index (κ1) is 22.7. The molecule has 2 unspecified atom stereocenters. The van der Waals surface area contributed by atoms with Gasteiger partial charge in [0.15, 0.2) is 6.10 Å². The van der Waals surface area contributed by atoms with E-state index in [0.29, 0.717) is 0 Å². The van der Waals surface area contributed by atoms with Crippen LogP contribution < -0.4 is 34.7 Å². The van der Waals surface area contributed by atoms with Gasteiger partial charge in [-0.15, -0.1) is 0 Å². The number of unbranched alkanes of at least 4 members (excludes halogenated alkanes) is 4. The Balaban J connectivity index is 0. The molecule has 0 N–H and O–H groups in total. The van der Waals surface area contributed by atoms with Crippen LogP contribution in [-0.2, 0) is 23.9 Å². The number of carboxylic acids is 1. The van der Waals surface area contributed by atoms with Gasteiger partial charge in [-0.3, -0.25) is 4.79 Å². The zero-order chi connectivity index (χ0) is 15.5. The second-order valence-corrected chi connectivity index (χ2v) is 4.69. The molecular formula is C14H23NaO6. The van der Waals surface area contributed by atoms with Crippen molar-refractivity contribution in [3.63, 3.8) is 0 Å². The molecule has 2 atom stereocenters. The Morgan fingerprint density at radius 2 is 1.52 bits per heavy atom. The van der Waals surface area contributed by atoms with Crippen molar-refractivity contribution in [3.8, 4) is 0 Å². The summed E-state index contributed by atoms with van der Waals surface area (Å²) in [6, 6.07) is 0. The van der Waals surface area contributed by atoms with E-state index in [4.69, 9.17) is 4.74 Å². The van der Waals surface area contributed by atoms with Gasteiger partial charge < -0.3 is 19.4 Å². The predicted octanol–water partition coefficient (Wildman–Crippen LogP) is -2.04. The molecule has 0 aliphatic heterocycles. The van der Waals surface area contributed by atoms with Crippen LogP contribution >= 0.6 is 0 Å². The second kappa shape index (κ2) is 13.1. The van der Waals surface area contributed by atoms with E-state index in [9.17, 15) is 19.5 Å². The maximum atomic E-state index is 11.5. The molecule has 0 amide bonds. The molecule has 0 spiro atoms. The largest absolute Gasteiger partial charge is 1.00 e. The van der Waals surface area contributed by atoms with Crippen molar-refractivity contribution in [2.24, 2.45) is 0 Å². The van der Waals surface area contributed by atoms with E-state index in [0.717, 1.165) is 32.1 Å². The molecule has 0 bridgehead atoms. The number of hydrogen-bond donors (Lipinski definition) is 0. The fraction of sp³-hybridized carbons (Fsp3) is 0.786. The Kier molecular flexibility index (Phi) is 14.2. The average molecular weight is 310 g/mol. The van der Waals surface area contributed by atoms with Crippen molar-refractivity contribution in [2.45, 2.75) is 71.5 Å². The Morgan fingerprint density at radius 1 is 0.952 bits per heavy atom. The number of carboxylic acid groups (broad SMARTS) is 1. The normalized spacial score (nSPS) is 12.7. The fourth-order valence-electron chi connectivity index (χ4n) is 1.50. The van der Waals surface area contributed by atoms with E-state index in [1.807, 2.05) is 0 Å². The van der Waals surface area contributed by atoms with Crippen molar-refractivity contribution >= 4 is 17.9 Å². The number of hydrogen-bond acceptors (Lipinski definition) is 6. The van der Waals surface area contributed by atoms with Gasteiger partial charge in [-0.2, -0.15) is 0 Å². The first-order valence-electron chi connectivity index (χ1n) is 6.99. The van der Waals surface area contributed by atoms with Gasteiger partial charge in [0.05, 0.1) is 5.97 Å². The van der Waals surface area contributed by atoms with Gasteiger partial charge in [-0.25, -0.2) is 4.79 Å². The summed E-state index contributed by atoms with van der Waals surface area (Å²) in [6.07, 6.45) is 2.78. The van der Waals surface area contributed by atoms with Gasteiger partial charge in [0.2, 0.25) is 0 Å². The molecule has 0 aliphatic carbocycles. The number of aliphatic carboxylic acids is 1. The minimum Gasteiger partial charge on any atom is -0.546 e. The number of esters is 2. The van der Waals surface area contributed by atoms with Crippen LogP contribution in [-0.4, -0.2) is 30.1 Å². The minimum atomic E-state index is -1.49. The maximum absolute atomic E-state index is 11.5. The molecule has 0 heterocycles. The molecule has 0 saturated heterocycles. The molecule has 0 saturated carbocycles. The molecule has 0 fully saturated rings. The summed E-state index contributed by atoms with van der Waals surface area (Å²) in [7, 11) is 0. The second-order valence-electron chi connectivity index (χ2n) is 4.69. The van der Waals surface area contributed by atoms with Gasteiger partial charge in [0.1, 0.15) is 6.10 Å². The fourth-order valence-corrected chi connectivity index (χ4v) is 1.50. The van der Waals surface area contributed by atoms with Crippen molar-refractivity contribution in [2.75, 3.05) is 0 Å². The van der Waals surface area contributed by atoms with Crippen LogP contribution in [0.4, 0.5) is 0 Å². The number of carbonyl (C=O) groups is 3. The van der Waals surface area contributed by atoms with E-state index in [-0.39, 0.29) is 36.0 Å². The van der Waals surface area contributed by atoms with Gasteiger partial charge in [0.25, 0.3) is 0 Å². The monoisotopic (exact) mass is 310 g/mol. The summed E-state index contributed by atoms with van der Waals surface area (Å²) >= 11 is 0. The molecule has 0 aromatic carbocycles. The van der Waals surface area contributed by atoms with Gasteiger partial charge in [-0.05, 0) is 20.3 Å². The average Bonchev–Trinajstić information content (AvgIpc) is 2.38. The molecule has 21 heavy (non-hydrogen) atoms. The standard InChI is InChI=1S/C14H24O6.Na/c1-4-5-6-7-8-9-12(15)19-11(3)14(18)20-10(2)13(16)17;/h10-11H,4-9H2,1-3H3,(H,16,17);/q;+1/p-1. The summed E-state index contributed by atoms with van der Waals surface area (Å²) in [5.41, 5.74) is 0. The smallest absolute Gasteiger partial charge is 0.546 e. The minimum absolute atomic E-state index is 0. The van der Waals surface area contributed by atoms with Gasteiger partial charge >= 0.3 is 41.5 Å². The zero-order valence-electron chi connectivity index (χ0n) is 13.3. The van der Waals surface area contributed by atoms with E-state index in [1.54, 1.807) is 0 Å². The number of carbonyl (C=O) groups excluding carboxylic acids is 3. The van der Waals surface area contributed by atoms with Crippen LogP contribution in [0.2, 0.25) is 0 Å². The number of rotatable bonds is 10. The predicted molar refractivity (Wildman–Crippen MR) is 69.5 cm³/mol. The van der Waals surface area contributed by atoms with E-state index >= 15 is 0 Å². The van der Waals surface area contributed by atoms with Crippen molar-refractivity contribution in [1.82, 2.24) is 0 Å². The van der Waals surface area contributed by atoms with Gasteiger partial charge in [-0.1, -0.05) is 32.6 Å². The summed E-state index contributed by atoms with van der Waals surface area (Å²) in [4.78, 5) is 33.3. The topological polar surface area (TPSA) is 92.7 Å². The molecule has 7 heteroatoms. The molecule has 0 radical (unpaired) electrons. The van der Waals surface area contributed by atoms with Crippen LogP contribution in [0.5, 0.6) is 0 Å². The van der Waals surface area contributed by atoms with Crippen LogP contribution in [0.1, 0.15) is 59.3 Å². The van der Waals surface area contributed by atoms with E-state index < -0.39 is 30.1 Å². The zero-order valence-corrected chi connectivity index (χ0v) is 15.3. The Morgan fingerprint density at radius 3 is 2.05 bits per heavy atom. The molecule has 0 aliphatic rings. The molecule has 0 rings (SSSR count). The summed E-state index contributed by atoms with van der Waals surface area (Å²) in [5, 5.41) is 10.4. The van der Waals surface area contributed by atoms with E-state index in [2.05, 4.69) is 11.7 Å². The van der Waals surface area contributed by atoms with E-state index in [1.165, 1.54) is 13.8 Å². The quantitative estimate of drug-likeness (QED) is 0.262. The van der Waals surface area contributed by atoms with Gasteiger partial charge in [0, 0.05) is 6.42 Å². The van der Waals surface area contributed by atoms with Crippen molar-refractivity contribution < 1.29 is 58.5 Å². The van der Waals surface area contributed by atoms with Crippen LogP contribution in [0.3, 0.4) is 0 Å². The molecular weight excluding hydrogens is 287 g/mol. The molecule has 6 nitrogen and oxygen atoms in total. The SMILES string of the molecule is CCCCCCCC(=O)OC(C)C(=O)OC(C)C(=O)[O-].[Na+].